The Bertz CT molecular complexity index is 390. The molecule has 1 aromatic carbocycles. The fraction of sp³-hybridized carbons (Fsp3) is 0.167. The number of aliphatic hydroxyl groups excluding tert-OH is 1. The molecule has 0 amide bonds. The Labute approximate surface area is 82.8 Å². The molecule has 0 fully saturated rings. The van der Waals surface area contributed by atoms with Crippen LogP contribution in [0.25, 0.3) is 11.3 Å². The topological polar surface area (TPSA) is 33.4 Å². The van der Waals surface area contributed by atoms with Gasteiger partial charge in [0.2, 0.25) is 0 Å². The first kappa shape index (κ1) is 9.03. The van der Waals surface area contributed by atoms with Crippen LogP contribution in [0.3, 0.4) is 0 Å². The minimum Gasteiger partial charge on any atom is -0.464 e. The molecule has 0 saturated carbocycles. The molecule has 1 aromatic heterocycles. The van der Waals surface area contributed by atoms with E-state index in [1.165, 1.54) is 0 Å². The van der Waals surface area contributed by atoms with Crippen LogP contribution in [-0.4, -0.2) is 11.7 Å². The van der Waals surface area contributed by atoms with Crippen LogP contribution in [0, 0.1) is 0 Å². The summed E-state index contributed by atoms with van der Waals surface area (Å²) in [4.78, 5) is 0. The van der Waals surface area contributed by atoms with Crippen LogP contribution < -0.4 is 0 Å². The van der Waals surface area contributed by atoms with E-state index < -0.39 is 0 Å². The molecule has 0 atom stereocenters. The third-order valence-electron chi connectivity index (χ3n) is 2.13. The Balaban J connectivity index is 2.31. The second-order valence-electron chi connectivity index (χ2n) is 3.15. The molecule has 0 unspecified atom stereocenters. The van der Waals surface area contributed by atoms with Gasteiger partial charge in [0.15, 0.2) is 0 Å². The first-order chi connectivity index (χ1) is 6.90. The summed E-state index contributed by atoms with van der Waals surface area (Å²) in [5.74, 6) is 0.866. The van der Waals surface area contributed by atoms with E-state index in [0.717, 1.165) is 16.9 Å². The Morgan fingerprint density at radius 1 is 1.14 bits per heavy atom. The van der Waals surface area contributed by atoms with Gasteiger partial charge < -0.3 is 9.52 Å². The molecule has 0 aliphatic heterocycles. The summed E-state index contributed by atoms with van der Waals surface area (Å²) in [7, 11) is 0. The normalized spacial score (nSPS) is 10.4. The van der Waals surface area contributed by atoms with Gasteiger partial charge >= 0.3 is 0 Å². The third-order valence-corrected chi connectivity index (χ3v) is 2.13. The van der Waals surface area contributed by atoms with E-state index in [1.807, 2.05) is 36.4 Å². The van der Waals surface area contributed by atoms with Crippen LogP contribution in [0.2, 0.25) is 0 Å². The molecule has 0 saturated heterocycles. The molecule has 0 aliphatic carbocycles. The quantitative estimate of drug-likeness (QED) is 0.802. The van der Waals surface area contributed by atoms with Crippen LogP contribution in [0.5, 0.6) is 0 Å². The smallest absolute Gasteiger partial charge is 0.133 e. The molecular formula is C12H12O2. The minimum absolute atomic E-state index is 0.182. The Kier molecular flexibility index (Phi) is 2.65. The molecule has 72 valence electrons. The van der Waals surface area contributed by atoms with Crippen molar-refractivity contribution >= 4 is 0 Å². The van der Waals surface area contributed by atoms with E-state index in [4.69, 9.17) is 9.52 Å². The molecule has 1 N–H and O–H groups in total. The number of benzene rings is 1. The summed E-state index contributed by atoms with van der Waals surface area (Å²) >= 11 is 0. The second-order valence-corrected chi connectivity index (χ2v) is 3.15. The van der Waals surface area contributed by atoms with Gasteiger partial charge in [0.05, 0.1) is 6.26 Å². The van der Waals surface area contributed by atoms with Crippen LogP contribution in [-0.2, 0) is 6.42 Å². The van der Waals surface area contributed by atoms with E-state index in [9.17, 15) is 0 Å². The number of hydrogen-bond donors (Lipinski definition) is 1. The number of aliphatic hydroxyl groups is 1. The Hall–Kier alpha value is -1.54. The van der Waals surface area contributed by atoms with Crippen molar-refractivity contribution in [3.8, 4) is 11.3 Å². The van der Waals surface area contributed by atoms with Gasteiger partial charge in [0, 0.05) is 12.2 Å². The summed E-state index contributed by atoms with van der Waals surface area (Å²) in [6, 6.07) is 11.8. The van der Waals surface area contributed by atoms with Gasteiger partial charge in [-0.1, -0.05) is 18.2 Å². The lowest BCUT2D eigenvalue weighted by Gasteiger charge is -2.00. The molecule has 2 heteroatoms. The van der Waals surface area contributed by atoms with Crippen molar-refractivity contribution in [2.75, 3.05) is 6.61 Å². The predicted molar refractivity (Wildman–Crippen MR) is 54.9 cm³/mol. The number of rotatable bonds is 3. The molecule has 2 nitrogen and oxygen atoms in total. The van der Waals surface area contributed by atoms with Crippen molar-refractivity contribution in [2.45, 2.75) is 6.42 Å². The van der Waals surface area contributed by atoms with Gasteiger partial charge in [0.25, 0.3) is 0 Å². The zero-order chi connectivity index (χ0) is 9.80. The molecule has 2 aromatic rings. The summed E-state index contributed by atoms with van der Waals surface area (Å²) in [6.45, 7) is 0.182. The average Bonchev–Trinajstić information content (AvgIpc) is 2.71. The molecule has 1 heterocycles. The summed E-state index contributed by atoms with van der Waals surface area (Å²) in [5, 5.41) is 8.82. The van der Waals surface area contributed by atoms with Crippen LogP contribution >= 0.6 is 0 Å². The summed E-state index contributed by atoms with van der Waals surface area (Å²) in [5.41, 5.74) is 2.18. The number of hydrogen-bond acceptors (Lipinski definition) is 2. The maximum atomic E-state index is 8.82. The first-order valence-corrected chi connectivity index (χ1v) is 4.64. The first-order valence-electron chi connectivity index (χ1n) is 4.64. The van der Waals surface area contributed by atoms with Gasteiger partial charge in [-0.15, -0.1) is 0 Å². The zero-order valence-electron chi connectivity index (χ0n) is 7.81. The summed E-state index contributed by atoms with van der Waals surface area (Å²) in [6.07, 6.45) is 2.35. The van der Waals surface area contributed by atoms with Gasteiger partial charge in [-0.2, -0.15) is 0 Å². The number of furan rings is 1. The van der Waals surface area contributed by atoms with E-state index in [0.29, 0.717) is 6.42 Å². The standard InChI is InChI=1S/C12H12O2/c13-7-6-10-3-1-4-11(9-10)12-5-2-8-14-12/h1-5,8-9,13H,6-7H2. The molecule has 0 spiro atoms. The molecule has 0 radical (unpaired) electrons. The van der Waals surface area contributed by atoms with E-state index in [-0.39, 0.29) is 6.61 Å². The highest BCUT2D eigenvalue weighted by molar-refractivity contribution is 5.58. The van der Waals surface area contributed by atoms with Crippen molar-refractivity contribution < 1.29 is 9.52 Å². The fourth-order valence-corrected chi connectivity index (χ4v) is 1.45. The zero-order valence-corrected chi connectivity index (χ0v) is 7.81. The van der Waals surface area contributed by atoms with Gasteiger partial charge in [0.1, 0.15) is 5.76 Å². The van der Waals surface area contributed by atoms with Crippen LogP contribution in [0.4, 0.5) is 0 Å². The summed E-state index contributed by atoms with van der Waals surface area (Å²) < 4.78 is 5.29. The van der Waals surface area contributed by atoms with Crippen molar-refractivity contribution in [1.29, 1.82) is 0 Å². The highest BCUT2D eigenvalue weighted by atomic mass is 16.3. The van der Waals surface area contributed by atoms with Crippen LogP contribution in [0.1, 0.15) is 5.56 Å². The maximum Gasteiger partial charge on any atom is 0.133 e. The molecule has 0 bridgehead atoms. The Morgan fingerprint density at radius 3 is 2.79 bits per heavy atom. The largest absolute Gasteiger partial charge is 0.464 e. The SMILES string of the molecule is OCCc1cccc(-c2ccco2)c1. The lowest BCUT2D eigenvalue weighted by atomic mass is 10.1. The lowest BCUT2D eigenvalue weighted by Crippen LogP contribution is -1.90. The monoisotopic (exact) mass is 188 g/mol. The maximum absolute atomic E-state index is 8.82. The third kappa shape index (κ3) is 1.86. The molecule has 14 heavy (non-hydrogen) atoms. The lowest BCUT2D eigenvalue weighted by molar-refractivity contribution is 0.299. The van der Waals surface area contributed by atoms with Gasteiger partial charge in [-0.3, -0.25) is 0 Å². The molecule has 0 aliphatic rings. The van der Waals surface area contributed by atoms with E-state index in [2.05, 4.69) is 0 Å². The molecule has 2 rings (SSSR count). The van der Waals surface area contributed by atoms with Crippen LogP contribution in [0.15, 0.2) is 47.1 Å². The predicted octanol–water partition coefficient (Wildman–Crippen LogP) is 2.48. The second kappa shape index (κ2) is 4.11. The van der Waals surface area contributed by atoms with E-state index >= 15 is 0 Å². The minimum atomic E-state index is 0.182. The highest BCUT2D eigenvalue weighted by Gasteiger charge is 2.00. The molecular weight excluding hydrogens is 176 g/mol. The highest BCUT2D eigenvalue weighted by Crippen LogP contribution is 2.20. The van der Waals surface area contributed by atoms with Gasteiger partial charge in [-0.05, 0) is 30.2 Å². The fourth-order valence-electron chi connectivity index (χ4n) is 1.45. The Morgan fingerprint density at radius 2 is 2.07 bits per heavy atom. The average molecular weight is 188 g/mol. The van der Waals surface area contributed by atoms with Crippen molar-refractivity contribution in [1.82, 2.24) is 0 Å². The van der Waals surface area contributed by atoms with E-state index in [1.54, 1.807) is 6.26 Å². The van der Waals surface area contributed by atoms with Crippen molar-refractivity contribution in [3.63, 3.8) is 0 Å². The van der Waals surface area contributed by atoms with Crippen molar-refractivity contribution in [2.24, 2.45) is 0 Å². The van der Waals surface area contributed by atoms with Gasteiger partial charge in [-0.25, -0.2) is 0 Å². The van der Waals surface area contributed by atoms with Crippen molar-refractivity contribution in [3.05, 3.63) is 48.2 Å².